The van der Waals surface area contributed by atoms with Gasteiger partial charge in [-0.25, -0.2) is 4.79 Å². The van der Waals surface area contributed by atoms with E-state index in [1.54, 1.807) is 0 Å². The van der Waals surface area contributed by atoms with Crippen molar-refractivity contribution in [1.82, 2.24) is 4.90 Å². The Labute approximate surface area is 108 Å². The number of carbonyl (C=O) groups is 1. The van der Waals surface area contributed by atoms with E-state index >= 15 is 0 Å². The number of hydrogen-bond donors (Lipinski definition) is 1. The topological polar surface area (TPSA) is 32.3 Å². The van der Waals surface area contributed by atoms with Crippen LogP contribution in [0.2, 0.25) is 0 Å². The molecule has 1 aliphatic heterocycles. The second-order valence-corrected chi connectivity index (χ2v) is 5.90. The molecule has 2 amide bonds. The zero-order valence-electron chi connectivity index (χ0n) is 11.1. The summed E-state index contributed by atoms with van der Waals surface area (Å²) < 4.78 is 0. The van der Waals surface area contributed by atoms with Crippen molar-refractivity contribution < 1.29 is 4.79 Å². The molecule has 2 aliphatic rings. The highest BCUT2D eigenvalue weighted by Crippen LogP contribution is 2.52. The van der Waals surface area contributed by atoms with Gasteiger partial charge in [-0.2, -0.15) is 0 Å². The van der Waals surface area contributed by atoms with E-state index in [2.05, 4.69) is 25.2 Å². The van der Waals surface area contributed by atoms with Crippen LogP contribution >= 0.6 is 0 Å². The second kappa shape index (κ2) is 4.01. The highest BCUT2D eigenvalue weighted by Gasteiger charge is 2.48. The number of likely N-dealkylation sites (tertiary alicyclic amines) is 1. The van der Waals surface area contributed by atoms with Crippen LogP contribution < -0.4 is 5.32 Å². The lowest BCUT2D eigenvalue weighted by atomic mass is 10.1. The van der Waals surface area contributed by atoms with Gasteiger partial charge >= 0.3 is 6.03 Å². The zero-order chi connectivity index (χ0) is 12.8. The molecule has 3 heteroatoms. The lowest BCUT2D eigenvalue weighted by Gasteiger charge is -2.17. The van der Waals surface area contributed by atoms with Crippen molar-refractivity contribution in [2.75, 3.05) is 18.4 Å². The SMILES string of the molecule is Cc1ccc(NC(=O)N2CCC3(CC3)C2)cc1C. The Morgan fingerprint density at radius 3 is 2.61 bits per heavy atom. The van der Waals surface area contributed by atoms with Crippen molar-refractivity contribution in [3.8, 4) is 0 Å². The molecule has 2 fully saturated rings. The molecular formula is C15H20N2O. The predicted octanol–water partition coefficient (Wildman–Crippen LogP) is 3.32. The number of urea groups is 1. The van der Waals surface area contributed by atoms with Gasteiger partial charge in [-0.1, -0.05) is 6.07 Å². The van der Waals surface area contributed by atoms with Gasteiger partial charge in [0.25, 0.3) is 0 Å². The molecule has 1 aromatic rings. The lowest BCUT2D eigenvalue weighted by molar-refractivity contribution is 0.220. The first-order valence-corrected chi connectivity index (χ1v) is 6.71. The van der Waals surface area contributed by atoms with Gasteiger partial charge in [0, 0.05) is 18.8 Å². The zero-order valence-corrected chi connectivity index (χ0v) is 11.1. The van der Waals surface area contributed by atoms with E-state index in [0.717, 1.165) is 18.8 Å². The molecule has 96 valence electrons. The molecule has 1 heterocycles. The van der Waals surface area contributed by atoms with Gasteiger partial charge in [0.2, 0.25) is 0 Å². The van der Waals surface area contributed by atoms with E-state index in [1.807, 2.05) is 17.0 Å². The van der Waals surface area contributed by atoms with Crippen LogP contribution in [0.1, 0.15) is 30.4 Å². The molecule has 0 aromatic heterocycles. The Bertz CT molecular complexity index is 491. The molecule has 1 aromatic carbocycles. The number of carbonyl (C=O) groups excluding carboxylic acids is 1. The smallest absolute Gasteiger partial charge is 0.321 e. The number of benzene rings is 1. The van der Waals surface area contributed by atoms with Gasteiger partial charge < -0.3 is 10.2 Å². The van der Waals surface area contributed by atoms with Crippen LogP contribution in [-0.2, 0) is 0 Å². The summed E-state index contributed by atoms with van der Waals surface area (Å²) in [5.41, 5.74) is 3.87. The van der Waals surface area contributed by atoms with E-state index in [4.69, 9.17) is 0 Å². The predicted molar refractivity (Wildman–Crippen MR) is 72.8 cm³/mol. The van der Waals surface area contributed by atoms with E-state index in [-0.39, 0.29) is 6.03 Å². The first-order chi connectivity index (χ1) is 8.58. The number of anilines is 1. The second-order valence-electron chi connectivity index (χ2n) is 5.90. The average Bonchev–Trinajstić information content (AvgIpc) is 2.94. The van der Waals surface area contributed by atoms with Gasteiger partial charge in [0.05, 0.1) is 0 Å². The maximum atomic E-state index is 12.1. The Kier molecular flexibility index (Phi) is 2.58. The Balaban J connectivity index is 1.65. The quantitative estimate of drug-likeness (QED) is 0.807. The van der Waals surface area contributed by atoms with Crippen molar-refractivity contribution in [2.24, 2.45) is 5.41 Å². The van der Waals surface area contributed by atoms with Crippen LogP contribution in [0, 0.1) is 19.3 Å². The molecule has 0 unspecified atom stereocenters. The molecule has 1 saturated heterocycles. The van der Waals surface area contributed by atoms with Crippen LogP contribution in [-0.4, -0.2) is 24.0 Å². The minimum Gasteiger partial charge on any atom is -0.324 e. The summed E-state index contributed by atoms with van der Waals surface area (Å²) in [6, 6.07) is 6.12. The third-order valence-electron chi connectivity index (χ3n) is 4.44. The maximum Gasteiger partial charge on any atom is 0.321 e. The molecule has 0 atom stereocenters. The summed E-state index contributed by atoms with van der Waals surface area (Å²) in [5.74, 6) is 0. The lowest BCUT2D eigenvalue weighted by Crippen LogP contribution is -2.33. The fourth-order valence-corrected chi connectivity index (χ4v) is 2.72. The number of aryl methyl sites for hydroxylation is 2. The summed E-state index contributed by atoms with van der Waals surface area (Å²) >= 11 is 0. The molecule has 3 nitrogen and oxygen atoms in total. The first kappa shape index (κ1) is 11.6. The van der Waals surface area contributed by atoms with Crippen molar-refractivity contribution >= 4 is 11.7 Å². The van der Waals surface area contributed by atoms with Crippen molar-refractivity contribution in [2.45, 2.75) is 33.1 Å². The molecule has 1 spiro atoms. The van der Waals surface area contributed by atoms with Gasteiger partial charge in [-0.3, -0.25) is 0 Å². The fraction of sp³-hybridized carbons (Fsp3) is 0.533. The largest absolute Gasteiger partial charge is 0.324 e. The number of hydrogen-bond acceptors (Lipinski definition) is 1. The van der Waals surface area contributed by atoms with Gasteiger partial charge in [-0.05, 0) is 61.8 Å². The number of rotatable bonds is 1. The van der Waals surface area contributed by atoms with Crippen LogP contribution in [0.25, 0.3) is 0 Å². The van der Waals surface area contributed by atoms with E-state index in [1.165, 1.54) is 30.4 Å². The standard InChI is InChI=1S/C15H20N2O/c1-11-3-4-13(9-12(11)2)16-14(18)17-8-7-15(10-17)5-6-15/h3-4,9H,5-8,10H2,1-2H3,(H,16,18). The molecule has 1 N–H and O–H groups in total. The molecular weight excluding hydrogens is 224 g/mol. The molecule has 3 rings (SSSR count). The minimum atomic E-state index is 0.0574. The highest BCUT2D eigenvalue weighted by molar-refractivity contribution is 5.89. The van der Waals surface area contributed by atoms with Crippen molar-refractivity contribution in [3.63, 3.8) is 0 Å². The average molecular weight is 244 g/mol. The monoisotopic (exact) mass is 244 g/mol. The summed E-state index contributed by atoms with van der Waals surface area (Å²) in [4.78, 5) is 14.1. The molecule has 1 saturated carbocycles. The third kappa shape index (κ3) is 2.09. The Morgan fingerprint density at radius 1 is 1.22 bits per heavy atom. The van der Waals surface area contributed by atoms with Crippen LogP contribution in [0.15, 0.2) is 18.2 Å². The summed E-state index contributed by atoms with van der Waals surface area (Å²) in [7, 11) is 0. The third-order valence-corrected chi connectivity index (χ3v) is 4.44. The number of nitrogens with one attached hydrogen (secondary N) is 1. The fourth-order valence-electron chi connectivity index (χ4n) is 2.72. The van der Waals surface area contributed by atoms with Crippen molar-refractivity contribution in [1.29, 1.82) is 0 Å². The van der Waals surface area contributed by atoms with Crippen molar-refractivity contribution in [3.05, 3.63) is 29.3 Å². The van der Waals surface area contributed by atoms with Gasteiger partial charge in [0.1, 0.15) is 0 Å². The first-order valence-electron chi connectivity index (χ1n) is 6.71. The molecule has 0 radical (unpaired) electrons. The van der Waals surface area contributed by atoms with Crippen LogP contribution in [0.3, 0.4) is 0 Å². The molecule has 18 heavy (non-hydrogen) atoms. The minimum absolute atomic E-state index is 0.0574. The Hall–Kier alpha value is -1.51. The number of amides is 2. The number of nitrogens with zero attached hydrogens (tertiary/aromatic N) is 1. The highest BCUT2D eigenvalue weighted by atomic mass is 16.2. The summed E-state index contributed by atoms with van der Waals surface area (Å²) in [6.45, 7) is 6.01. The van der Waals surface area contributed by atoms with Crippen LogP contribution in [0.5, 0.6) is 0 Å². The van der Waals surface area contributed by atoms with Crippen LogP contribution in [0.4, 0.5) is 10.5 Å². The van der Waals surface area contributed by atoms with E-state index < -0.39 is 0 Å². The van der Waals surface area contributed by atoms with Gasteiger partial charge in [0.15, 0.2) is 0 Å². The summed E-state index contributed by atoms with van der Waals surface area (Å²) in [5, 5.41) is 3.00. The summed E-state index contributed by atoms with van der Waals surface area (Å²) in [6.07, 6.45) is 3.80. The van der Waals surface area contributed by atoms with Gasteiger partial charge in [-0.15, -0.1) is 0 Å². The maximum absolute atomic E-state index is 12.1. The normalized spacial score (nSPS) is 20.2. The molecule has 1 aliphatic carbocycles. The molecule has 0 bridgehead atoms. The Morgan fingerprint density at radius 2 is 2.00 bits per heavy atom. The van der Waals surface area contributed by atoms with E-state index in [0.29, 0.717) is 5.41 Å². The van der Waals surface area contributed by atoms with E-state index in [9.17, 15) is 4.79 Å².